The van der Waals surface area contributed by atoms with E-state index in [-0.39, 0.29) is 5.56 Å². The number of hydrogen-bond acceptors (Lipinski definition) is 2. The first kappa shape index (κ1) is 21.0. The maximum atomic E-state index is 11.1. The summed E-state index contributed by atoms with van der Waals surface area (Å²) < 4.78 is 5.39. The molecule has 0 atom stereocenters. The molecule has 1 rings (SSSR count). The summed E-state index contributed by atoms with van der Waals surface area (Å²) in [4.78, 5) is 11.1. The van der Waals surface area contributed by atoms with Gasteiger partial charge in [0, 0.05) is 0 Å². The van der Waals surface area contributed by atoms with E-state index >= 15 is 0 Å². The van der Waals surface area contributed by atoms with Crippen molar-refractivity contribution in [3.8, 4) is 5.75 Å². The highest BCUT2D eigenvalue weighted by Crippen LogP contribution is 2.17. The van der Waals surface area contributed by atoms with Crippen molar-refractivity contribution >= 4 is 5.97 Å². The predicted molar refractivity (Wildman–Crippen MR) is 104 cm³/mol. The van der Waals surface area contributed by atoms with Gasteiger partial charge in [-0.1, -0.05) is 82.6 Å². The third kappa shape index (κ3) is 10.4. The lowest BCUT2D eigenvalue weighted by Gasteiger charge is -2.03. The van der Waals surface area contributed by atoms with Gasteiger partial charge in [-0.3, -0.25) is 0 Å². The van der Waals surface area contributed by atoms with Crippen LogP contribution in [0.1, 0.15) is 81.5 Å². The summed E-state index contributed by atoms with van der Waals surface area (Å²) in [5, 5.41) is 9.06. The Hall–Kier alpha value is -2.03. The first-order valence-corrected chi connectivity index (χ1v) is 9.56. The molecule has 138 valence electrons. The second-order valence-corrected chi connectivity index (χ2v) is 6.29. The van der Waals surface area contributed by atoms with E-state index in [4.69, 9.17) is 9.84 Å². The second-order valence-electron chi connectivity index (χ2n) is 6.29. The Morgan fingerprint density at radius 1 is 0.960 bits per heavy atom. The average Bonchev–Trinajstić information content (AvgIpc) is 2.62. The van der Waals surface area contributed by atoms with E-state index in [0.29, 0.717) is 5.75 Å². The molecule has 1 aromatic carbocycles. The zero-order chi connectivity index (χ0) is 18.2. The fourth-order valence-electron chi connectivity index (χ4n) is 2.65. The maximum absolute atomic E-state index is 11.1. The molecule has 0 unspecified atom stereocenters. The molecule has 0 fully saturated rings. The number of carboxylic acid groups (broad SMARTS) is 1. The molecule has 0 aliphatic rings. The highest BCUT2D eigenvalue weighted by Gasteiger charge is 2.08. The molecule has 1 N–H and O–H groups in total. The summed E-state index contributed by atoms with van der Waals surface area (Å²) >= 11 is 0. The quantitative estimate of drug-likeness (QED) is 0.230. The van der Waals surface area contributed by atoms with E-state index in [1.165, 1.54) is 70.1 Å². The van der Waals surface area contributed by atoms with Crippen LogP contribution >= 0.6 is 0 Å². The SMILES string of the molecule is CCCCCCCCCCCC=CC=COc1ccccc1C(=O)O. The minimum Gasteiger partial charge on any atom is -0.478 e. The third-order valence-corrected chi connectivity index (χ3v) is 4.11. The van der Waals surface area contributed by atoms with E-state index in [0.717, 1.165) is 6.42 Å². The minimum atomic E-state index is -0.982. The van der Waals surface area contributed by atoms with Gasteiger partial charge in [-0.25, -0.2) is 4.79 Å². The van der Waals surface area contributed by atoms with Crippen molar-refractivity contribution in [2.75, 3.05) is 0 Å². The topological polar surface area (TPSA) is 46.5 Å². The minimum absolute atomic E-state index is 0.172. The Bertz CT molecular complexity index is 532. The van der Waals surface area contributed by atoms with Crippen LogP contribution in [-0.4, -0.2) is 11.1 Å². The number of aromatic carboxylic acids is 1. The number of carboxylic acids is 1. The van der Waals surface area contributed by atoms with Gasteiger partial charge in [-0.05, 0) is 31.1 Å². The number of allylic oxidation sites excluding steroid dienone is 3. The molecule has 0 spiro atoms. The third-order valence-electron chi connectivity index (χ3n) is 4.11. The van der Waals surface area contributed by atoms with E-state index in [1.54, 1.807) is 24.3 Å². The Balaban J connectivity index is 2.06. The van der Waals surface area contributed by atoms with Crippen LogP contribution in [0.4, 0.5) is 0 Å². The summed E-state index contributed by atoms with van der Waals surface area (Å²) in [7, 11) is 0. The summed E-state index contributed by atoms with van der Waals surface area (Å²) in [6.07, 6.45) is 20.6. The van der Waals surface area contributed by atoms with Crippen molar-refractivity contribution in [3.05, 3.63) is 54.3 Å². The maximum Gasteiger partial charge on any atom is 0.339 e. The second kappa shape index (κ2) is 14.3. The molecule has 0 heterocycles. The number of unbranched alkanes of at least 4 members (excludes halogenated alkanes) is 9. The summed E-state index contributed by atoms with van der Waals surface area (Å²) in [6, 6.07) is 6.63. The van der Waals surface area contributed by atoms with Crippen molar-refractivity contribution < 1.29 is 14.6 Å². The monoisotopic (exact) mass is 344 g/mol. The summed E-state index contributed by atoms with van der Waals surface area (Å²) in [6.45, 7) is 2.25. The molecule has 0 radical (unpaired) electrons. The number of benzene rings is 1. The molecular formula is C22H32O3. The zero-order valence-electron chi connectivity index (χ0n) is 15.5. The zero-order valence-corrected chi connectivity index (χ0v) is 15.5. The van der Waals surface area contributed by atoms with Gasteiger partial charge in [0.05, 0.1) is 6.26 Å². The molecular weight excluding hydrogens is 312 g/mol. The van der Waals surface area contributed by atoms with E-state index in [2.05, 4.69) is 13.0 Å². The van der Waals surface area contributed by atoms with Crippen molar-refractivity contribution in [2.24, 2.45) is 0 Å². The van der Waals surface area contributed by atoms with Crippen LogP contribution in [0.2, 0.25) is 0 Å². The van der Waals surface area contributed by atoms with E-state index in [9.17, 15) is 4.79 Å². The lowest BCUT2D eigenvalue weighted by Crippen LogP contribution is -1.99. The number of hydrogen-bond donors (Lipinski definition) is 1. The van der Waals surface area contributed by atoms with Crippen LogP contribution in [0.5, 0.6) is 5.75 Å². The van der Waals surface area contributed by atoms with Crippen molar-refractivity contribution in [1.29, 1.82) is 0 Å². The predicted octanol–water partition coefficient (Wildman–Crippen LogP) is 6.75. The Morgan fingerprint density at radius 2 is 1.60 bits per heavy atom. The fourth-order valence-corrected chi connectivity index (χ4v) is 2.65. The molecule has 25 heavy (non-hydrogen) atoms. The van der Waals surface area contributed by atoms with Crippen molar-refractivity contribution in [1.82, 2.24) is 0 Å². The smallest absolute Gasteiger partial charge is 0.339 e. The van der Waals surface area contributed by atoms with E-state index < -0.39 is 5.97 Å². The molecule has 3 heteroatoms. The van der Waals surface area contributed by atoms with Crippen LogP contribution in [0.25, 0.3) is 0 Å². The molecule has 0 bridgehead atoms. The molecule has 0 saturated heterocycles. The van der Waals surface area contributed by atoms with Gasteiger partial charge in [0.1, 0.15) is 11.3 Å². The van der Waals surface area contributed by atoms with Gasteiger partial charge >= 0.3 is 5.97 Å². The Kier molecular flexibility index (Phi) is 12.0. The molecule has 0 aromatic heterocycles. The van der Waals surface area contributed by atoms with Gasteiger partial charge in [0.2, 0.25) is 0 Å². The molecule has 0 saturated carbocycles. The molecule has 0 aliphatic carbocycles. The van der Waals surface area contributed by atoms with Crippen LogP contribution in [0.15, 0.2) is 48.8 Å². The van der Waals surface area contributed by atoms with Gasteiger partial charge in [0.25, 0.3) is 0 Å². The molecule has 0 amide bonds. The van der Waals surface area contributed by atoms with Crippen molar-refractivity contribution in [2.45, 2.75) is 71.1 Å². The first-order valence-electron chi connectivity index (χ1n) is 9.56. The first-order chi connectivity index (χ1) is 12.3. The van der Waals surface area contributed by atoms with Gasteiger partial charge < -0.3 is 9.84 Å². The molecule has 1 aromatic rings. The Morgan fingerprint density at radius 3 is 2.28 bits per heavy atom. The number of carbonyl (C=O) groups is 1. The Labute approximate surface area is 152 Å². The van der Waals surface area contributed by atoms with Crippen molar-refractivity contribution in [3.63, 3.8) is 0 Å². The van der Waals surface area contributed by atoms with E-state index in [1.807, 2.05) is 6.08 Å². The van der Waals surface area contributed by atoms with Crippen LogP contribution in [-0.2, 0) is 0 Å². The standard InChI is InChI=1S/C22H32O3/c1-2-3-4-5-6-7-8-9-10-11-12-13-16-19-25-21-18-15-14-17-20(21)22(23)24/h12-19H,2-11H2,1H3,(H,23,24). The lowest BCUT2D eigenvalue weighted by molar-refractivity contribution is 0.0694. The summed E-state index contributed by atoms with van der Waals surface area (Å²) in [5.74, 6) is -0.622. The number of rotatable bonds is 14. The van der Waals surface area contributed by atoms with Gasteiger partial charge in [0.15, 0.2) is 0 Å². The number of para-hydroxylation sites is 1. The van der Waals surface area contributed by atoms with Gasteiger partial charge in [-0.2, -0.15) is 0 Å². The highest BCUT2D eigenvalue weighted by molar-refractivity contribution is 5.90. The van der Waals surface area contributed by atoms with Crippen LogP contribution in [0, 0.1) is 0 Å². The van der Waals surface area contributed by atoms with Gasteiger partial charge in [-0.15, -0.1) is 0 Å². The lowest BCUT2D eigenvalue weighted by atomic mass is 10.1. The summed E-state index contributed by atoms with van der Waals surface area (Å²) in [5.41, 5.74) is 0.172. The molecule has 3 nitrogen and oxygen atoms in total. The average molecular weight is 344 g/mol. The number of ether oxygens (including phenoxy) is 1. The highest BCUT2D eigenvalue weighted by atomic mass is 16.5. The fraction of sp³-hybridized carbons (Fsp3) is 0.500. The largest absolute Gasteiger partial charge is 0.478 e. The van der Waals surface area contributed by atoms with Crippen LogP contribution < -0.4 is 4.74 Å². The normalized spacial score (nSPS) is 11.4. The van der Waals surface area contributed by atoms with Crippen LogP contribution in [0.3, 0.4) is 0 Å². The molecule has 0 aliphatic heterocycles.